The van der Waals surface area contributed by atoms with Gasteiger partial charge in [-0.25, -0.2) is 15.0 Å². The van der Waals surface area contributed by atoms with Crippen LogP contribution >= 0.6 is 0 Å². The Balaban J connectivity index is 1.33. The summed E-state index contributed by atoms with van der Waals surface area (Å²) in [5.41, 5.74) is 12.0. The van der Waals surface area contributed by atoms with Gasteiger partial charge in [0.25, 0.3) is 0 Å². The van der Waals surface area contributed by atoms with Crippen LogP contribution in [0.5, 0.6) is 0 Å². The van der Waals surface area contributed by atoms with Gasteiger partial charge in [0.2, 0.25) is 0 Å². The SMILES string of the molecule is c1ccc(-c2nc(-c3ccccc3)c(-c3ccc(-c4c(-c5ccccn5)nc5ccccn45)cc3)nc2-c2ccccc2)cc1. The van der Waals surface area contributed by atoms with Crippen LogP contribution in [0.1, 0.15) is 0 Å². The maximum absolute atomic E-state index is 5.38. The monoisotopic (exact) mass is 577 g/mol. The number of hydrogen-bond acceptors (Lipinski definition) is 4. The third-order valence-corrected chi connectivity index (χ3v) is 7.91. The lowest BCUT2D eigenvalue weighted by Gasteiger charge is -2.16. The van der Waals surface area contributed by atoms with Crippen molar-refractivity contribution in [1.82, 2.24) is 24.3 Å². The first-order chi connectivity index (χ1) is 22.3. The highest BCUT2D eigenvalue weighted by Crippen LogP contribution is 2.38. The number of rotatable bonds is 6. The molecule has 0 unspecified atom stereocenters. The van der Waals surface area contributed by atoms with Crippen LogP contribution in [0.3, 0.4) is 0 Å². The summed E-state index contributed by atoms with van der Waals surface area (Å²) in [6.07, 6.45) is 3.85. The van der Waals surface area contributed by atoms with Crippen LogP contribution in [0.25, 0.3) is 73.3 Å². The molecule has 0 saturated heterocycles. The summed E-state index contributed by atoms with van der Waals surface area (Å²) < 4.78 is 2.12. The van der Waals surface area contributed by atoms with E-state index in [-0.39, 0.29) is 0 Å². The first-order valence-electron chi connectivity index (χ1n) is 14.9. The van der Waals surface area contributed by atoms with Gasteiger partial charge in [0, 0.05) is 40.2 Å². The van der Waals surface area contributed by atoms with E-state index < -0.39 is 0 Å². The van der Waals surface area contributed by atoms with E-state index in [4.69, 9.17) is 15.0 Å². The number of imidazole rings is 1. The van der Waals surface area contributed by atoms with E-state index in [1.165, 1.54) is 0 Å². The molecule has 0 radical (unpaired) electrons. The van der Waals surface area contributed by atoms with Gasteiger partial charge < -0.3 is 0 Å². The standard InChI is InChI=1S/C40H27N5/c1-4-14-28(15-5-1)35-36(29-16-6-2-7-17-29)44-38(37(43-35)30-18-8-3-9-19-30)31-22-24-32(25-23-31)40-39(33-20-10-12-26-41-33)42-34-21-11-13-27-45(34)40/h1-27H. The van der Waals surface area contributed by atoms with Crippen molar-refractivity contribution in [3.05, 3.63) is 164 Å². The summed E-state index contributed by atoms with van der Waals surface area (Å²) in [4.78, 5) is 20.3. The smallest absolute Gasteiger partial charge is 0.138 e. The van der Waals surface area contributed by atoms with Crippen LogP contribution in [-0.2, 0) is 0 Å². The van der Waals surface area contributed by atoms with Crippen LogP contribution in [0.4, 0.5) is 0 Å². The second-order valence-corrected chi connectivity index (χ2v) is 10.7. The molecule has 8 rings (SSSR count). The molecular formula is C40H27N5. The van der Waals surface area contributed by atoms with Crippen LogP contribution < -0.4 is 0 Å². The Morgan fingerprint density at radius 3 is 1.33 bits per heavy atom. The molecule has 0 saturated carbocycles. The fourth-order valence-corrected chi connectivity index (χ4v) is 5.77. The molecule has 4 heterocycles. The van der Waals surface area contributed by atoms with E-state index in [1.54, 1.807) is 6.20 Å². The summed E-state index contributed by atoms with van der Waals surface area (Å²) in [6, 6.07) is 51.4. The second kappa shape index (κ2) is 11.5. The second-order valence-electron chi connectivity index (χ2n) is 10.7. The lowest BCUT2D eigenvalue weighted by Crippen LogP contribution is -2.01. The fraction of sp³-hybridized carbons (Fsp3) is 0. The van der Waals surface area contributed by atoms with Crippen molar-refractivity contribution in [3.63, 3.8) is 0 Å². The van der Waals surface area contributed by atoms with Gasteiger partial charge in [0.1, 0.15) is 11.3 Å². The molecular weight excluding hydrogens is 550 g/mol. The number of nitrogens with zero attached hydrogens (tertiary/aromatic N) is 5. The zero-order valence-corrected chi connectivity index (χ0v) is 24.3. The minimum Gasteiger partial charge on any atom is -0.299 e. The molecule has 0 bridgehead atoms. The molecule has 0 N–H and O–H groups in total. The molecule has 0 aliphatic rings. The third kappa shape index (κ3) is 4.96. The molecule has 5 heteroatoms. The molecule has 45 heavy (non-hydrogen) atoms. The topological polar surface area (TPSA) is 56.0 Å². The van der Waals surface area contributed by atoms with Gasteiger partial charge in [0.05, 0.1) is 34.2 Å². The van der Waals surface area contributed by atoms with Gasteiger partial charge in [-0.05, 0) is 24.3 Å². The molecule has 0 aliphatic heterocycles. The summed E-state index contributed by atoms with van der Waals surface area (Å²) in [5, 5.41) is 0. The van der Waals surface area contributed by atoms with Gasteiger partial charge >= 0.3 is 0 Å². The lowest BCUT2D eigenvalue weighted by atomic mass is 9.98. The van der Waals surface area contributed by atoms with E-state index >= 15 is 0 Å². The summed E-state index contributed by atoms with van der Waals surface area (Å²) in [7, 11) is 0. The average Bonchev–Trinajstić information content (AvgIpc) is 3.52. The Kier molecular flexibility index (Phi) is 6.74. The van der Waals surface area contributed by atoms with Crippen LogP contribution in [0.2, 0.25) is 0 Å². The minimum atomic E-state index is 0.828. The first kappa shape index (κ1) is 26.4. The largest absolute Gasteiger partial charge is 0.299 e. The Morgan fingerprint density at radius 2 is 0.822 bits per heavy atom. The summed E-state index contributed by atoms with van der Waals surface area (Å²) >= 11 is 0. The Bertz CT molecular complexity index is 2230. The molecule has 0 fully saturated rings. The minimum absolute atomic E-state index is 0.828. The Morgan fingerprint density at radius 1 is 0.356 bits per heavy atom. The summed E-state index contributed by atoms with van der Waals surface area (Å²) in [5.74, 6) is 0. The predicted molar refractivity (Wildman–Crippen MR) is 181 cm³/mol. The van der Waals surface area contributed by atoms with Crippen LogP contribution in [0.15, 0.2) is 164 Å². The number of fused-ring (bicyclic) bond motifs is 1. The highest BCUT2D eigenvalue weighted by atomic mass is 15.0. The Hall–Kier alpha value is -6.20. The number of benzene rings is 4. The van der Waals surface area contributed by atoms with E-state index in [2.05, 4.69) is 70.0 Å². The molecule has 0 atom stereocenters. The molecule has 212 valence electrons. The average molecular weight is 578 g/mol. The maximum atomic E-state index is 5.38. The van der Waals surface area contributed by atoms with Crippen molar-refractivity contribution in [1.29, 1.82) is 0 Å². The fourth-order valence-electron chi connectivity index (χ4n) is 5.77. The highest BCUT2D eigenvalue weighted by molar-refractivity contribution is 5.87. The van der Waals surface area contributed by atoms with Crippen molar-refractivity contribution in [2.45, 2.75) is 0 Å². The van der Waals surface area contributed by atoms with Crippen molar-refractivity contribution < 1.29 is 0 Å². The molecule has 0 spiro atoms. The normalized spacial score (nSPS) is 11.1. The van der Waals surface area contributed by atoms with Crippen molar-refractivity contribution in [3.8, 4) is 67.7 Å². The molecule has 8 aromatic rings. The first-order valence-corrected chi connectivity index (χ1v) is 14.9. The number of hydrogen-bond donors (Lipinski definition) is 0. The summed E-state index contributed by atoms with van der Waals surface area (Å²) in [6.45, 7) is 0. The Labute approximate surface area is 261 Å². The number of aromatic nitrogens is 5. The van der Waals surface area contributed by atoms with E-state index in [0.717, 1.165) is 73.3 Å². The lowest BCUT2D eigenvalue weighted by molar-refractivity contribution is 1.19. The van der Waals surface area contributed by atoms with Crippen LogP contribution in [0, 0.1) is 0 Å². The molecule has 0 amide bonds. The van der Waals surface area contributed by atoms with Gasteiger partial charge in [-0.2, -0.15) is 0 Å². The van der Waals surface area contributed by atoms with Gasteiger partial charge in [-0.3, -0.25) is 9.38 Å². The van der Waals surface area contributed by atoms with Crippen molar-refractivity contribution in [2.24, 2.45) is 0 Å². The van der Waals surface area contributed by atoms with Gasteiger partial charge in [-0.15, -0.1) is 0 Å². The molecule has 5 nitrogen and oxygen atoms in total. The zero-order chi connectivity index (χ0) is 30.0. The van der Waals surface area contributed by atoms with E-state index in [1.807, 2.05) is 97.2 Å². The number of pyridine rings is 2. The van der Waals surface area contributed by atoms with Crippen molar-refractivity contribution >= 4 is 5.65 Å². The van der Waals surface area contributed by atoms with Crippen LogP contribution in [-0.4, -0.2) is 24.3 Å². The van der Waals surface area contributed by atoms with E-state index in [9.17, 15) is 0 Å². The van der Waals surface area contributed by atoms with Crippen molar-refractivity contribution in [2.75, 3.05) is 0 Å². The zero-order valence-electron chi connectivity index (χ0n) is 24.3. The molecule has 0 aliphatic carbocycles. The molecule has 4 aromatic heterocycles. The highest BCUT2D eigenvalue weighted by Gasteiger charge is 2.21. The maximum Gasteiger partial charge on any atom is 0.138 e. The third-order valence-electron chi connectivity index (χ3n) is 7.91. The molecule has 4 aromatic carbocycles. The van der Waals surface area contributed by atoms with Gasteiger partial charge in [-0.1, -0.05) is 127 Å². The van der Waals surface area contributed by atoms with E-state index in [0.29, 0.717) is 0 Å². The van der Waals surface area contributed by atoms with Gasteiger partial charge in [0.15, 0.2) is 0 Å². The quantitative estimate of drug-likeness (QED) is 0.197. The predicted octanol–water partition coefficient (Wildman–Crippen LogP) is 9.52.